The SMILES string of the molecule is CC(C)(C)OC(=O)NCC(=O)N[C@@H](C=C1CC1)CO. The van der Waals surface area contributed by atoms with Crippen LogP contribution in [0.4, 0.5) is 4.79 Å². The molecule has 0 spiro atoms. The van der Waals surface area contributed by atoms with Crippen molar-refractivity contribution in [2.45, 2.75) is 45.3 Å². The van der Waals surface area contributed by atoms with Gasteiger partial charge in [0.05, 0.1) is 12.6 Å². The van der Waals surface area contributed by atoms with Crippen LogP contribution in [-0.4, -0.2) is 41.9 Å². The van der Waals surface area contributed by atoms with Crippen LogP contribution in [0.1, 0.15) is 33.6 Å². The van der Waals surface area contributed by atoms with Crippen LogP contribution in [0.25, 0.3) is 0 Å². The smallest absolute Gasteiger partial charge is 0.408 e. The molecule has 0 unspecified atom stereocenters. The summed E-state index contributed by atoms with van der Waals surface area (Å²) in [7, 11) is 0. The van der Waals surface area contributed by atoms with Crippen LogP contribution in [-0.2, 0) is 9.53 Å². The van der Waals surface area contributed by atoms with E-state index < -0.39 is 11.7 Å². The number of amides is 2. The van der Waals surface area contributed by atoms with Gasteiger partial charge in [-0.25, -0.2) is 4.79 Å². The minimum atomic E-state index is -0.635. The van der Waals surface area contributed by atoms with E-state index in [1.807, 2.05) is 6.08 Å². The molecule has 6 nitrogen and oxygen atoms in total. The summed E-state index contributed by atoms with van der Waals surface area (Å²) in [5.74, 6) is -0.359. The molecule has 19 heavy (non-hydrogen) atoms. The molecule has 1 atom stereocenters. The highest BCUT2D eigenvalue weighted by Gasteiger charge is 2.18. The molecule has 0 radical (unpaired) electrons. The van der Waals surface area contributed by atoms with Crippen LogP contribution in [0, 0.1) is 0 Å². The molecule has 0 aliphatic heterocycles. The van der Waals surface area contributed by atoms with Crippen molar-refractivity contribution in [1.82, 2.24) is 10.6 Å². The third-order valence-corrected chi connectivity index (χ3v) is 2.31. The van der Waals surface area contributed by atoms with Gasteiger partial charge in [0, 0.05) is 0 Å². The number of ether oxygens (including phenoxy) is 1. The molecule has 6 heteroatoms. The summed E-state index contributed by atoms with van der Waals surface area (Å²) < 4.78 is 5.00. The van der Waals surface area contributed by atoms with Gasteiger partial charge >= 0.3 is 6.09 Å². The molecule has 108 valence electrons. The second-order valence-electron chi connectivity index (χ2n) is 5.54. The predicted molar refractivity (Wildman–Crippen MR) is 70.6 cm³/mol. The average Bonchev–Trinajstić information content (AvgIpc) is 3.07. The summed E-state index contributed by atoms with van der Waals surface area (Å²) in [6, 6.07) is -0.384. The Bertz CT molecular complexity index is 365. The highest BCUT2D eigenvalue weighted by atomic mass is 16.6. The van der Waals surface area contributed by atoms with E-state index in [2.05, 4.69) is 10.6 Å². The highest BCUT2D eigenvalue weighted by Crippen LogP contribution is 2.27. The zero-order valence-corrected chi connectivity index (χ0v) is 11.7. The van der Waals surface area contributed by atoms with E-state index in [1.165, 1.54) is 5.57 Å². The monoisotopic (exact) mass is 270 g/mol. The molecule has 2 amide bonds. The van der Waals surface area contributed by atoms with Crippen molar-refractivity contribution >= 4 is 12.0 Å². The van der Waals surface area contributed by atoms with Gasteiger partial charge in [-0.05, 0) is 33.6 Å². The minimum absolute atomic E-state index is 0.151. The lowest BCUT2D eigenvalue weighted by molar-refractivity contribution is -0.120. The molecule has 0 heterocycles. The molecule has 1 aliphatic carbocycles. The van der Waals surface area contributed by atoms with Gasteiger partial charge in [-0.15, -0.1) is 0 Å². The number of hydrogen-bond acceptors (Lipinski definition) is 4. The molecule has 1 saturated carbocycles. The number of allylic oxidation sites excluding steroid dienone is 1. The quantitative estimate of drug-likeness (QED) is 0.642. The van der Waals surface area contributed by atoms with Crippen LogP contribution in [0.3, 0.4) is 0 Å². The number of carbonyl (C=O) groups excluding carboxylic acids is 2. The third-order valence-electron chi connectivity index (χ3n) is 2.31. The Morgan fingerprint density at radius 3 is 2.53 bits per heavy atom. The van der Waals surface area contributed by atoms with Crippen molar-refractivity contribution < 1.29 is 19.4 Å². The van der Waals surface area contributed by atoms with Gasteiger partial charge in [0.15, 0.2) is 0 Å². The molecular formula is C13H22N2O4. The second-order valence-corrected chi connectivity index (χ2v) is 5.54. The maximum atomic E-state index is 11.6. The predicted octanol–water partition coefficient (Wildman–Crippen LogP) is 0.708. The van der Waals surface area contributed by atoms with Crippen molar-refractivity contribution in [3.8, 4) is 0 Å². The second kappa shape index (κ2) is 6.56. The zero-order chi connectivity index (χ0) is 14.5. The fraction of sp³-hybridized carbons (Fsp3) is 0.692. The van der Waals surface area contributed by atoms with Gasteiger partial charge in [-0.1, -0.05) is 11.6 Å². The van der Waals surface area contributed by atoms with E-state index in [1.54, 1.807) is 20.8 Å². The average molecular weight is 270 g/mol. The van der Waals surface area contributed by atoms with Gasteiger partial charge in [-0.2, -0.15) is 0 Å². The van der Waals surface area contributed by atoms with Gasteiger partial charge in [0.25, 0.3) is 0 Å². The van der Waals surface area contributed by atoms with Crippen LogP contribution < -0.4 is 10.6 Å². The van der Waals surface area contributed by atoms with Crippen LogP contribution in [0.5, 0.6) is 0 Å². The van der Waals surface area contributed by atoms with E-state index in [0.29, 0.717) is 0 Å². The first-order valence-corrected chi connectivity index (χ1v) is 6.37. The van der Waals surface area contributed by atoms with Crippen LogP contribution >= 0.6 is 0 Å². The zero-order valence-electron chi connectivity index (χ0n) is 11.7. The molecular weight excluding hydrogens is 248 g/mol. The molecule has 0 saturated heterocycles. The third kappa shape index (κ3) is 7.46. The summed E-state index contributed by atoms with van der Waals surface area (Å²) in [4.78, 5) is 22.9. The van der Waals surface area contributed by atoms with E-state index in [-0.39, 0.29) is 25.1 Å². The van der Waals surface area contributed by atoms with Crippen molar-refractivity contribution in [1.29, 1.82) is 0 Å². The molecule has 0 aromatic rings. The first-order valence-electron chi connectivity index (χ1n) is 6.37. The highest BCUT2D eigenvalue weighted by molar-refractivity contribution is 5.82. The number of hydrogen-bond donors (Lipinski definition) is 3. The lowest BCUT2D eigenvalue weighted by atomic mass is 10.2. The number of alkyl carbamates (subject to hydrolysis) is 1. The van der Waals surface area contributed by atoms with Crippen LogP contribution in [0.2, 0.25) is 0 Å². The summed E-state index contributed by atoms with van der Waals surface area (Å²) in [6.07, 6.45) is 3.28. The minimum Gasteiger partial charge on any atom is -0.444 e. The molecule has 1 rings (SSSR count). The number of nitrogens with one attached hydrogen (secondary N) is 2. The van der Waals surface area contributed by atoms with Crippen molar-refractivity contribution in [3.05, 3.63) is 11.6 Å². The Morgan fingerprint density at radius 1 is 1.42 bits per heavy atom. The largest absolute Gasteiger partial charge is 0.444 e. The Hall–Kier alpha value is -1.56. The van der Waals surface area contributed by atoms with Gasteiger partial charge in [0.1, 0.15) is 12.1 Å². The van der Waals surface area contributed by atoms with Crippen molar-refractivity contribution in [3.63, 3.8) is 0 Å². The Balaban J connectivity index is 2.26. The van der Waals surface area contributed by atoms with Gasteiger partial charge in [-0.3, -0.25) is 4.79 Å². The first kappa shape index (κ1) is 15.5. The number of carbonyl (C=O) groups is 2. The molecule has 0 bridgehead atoms. The topological polar surface area (TPSA) is 87.7 Å². The Morgan fingerprint density at radius 2 is 2.05 bits per heavy atom. The lowest BCUT2D eigenvalue weighted by Crippen LogP contribution is -2.43. The Labute approximate surface area is 113 Å². The fourth-order valence-electron chi connectivity index (χ4n) is 1.39. The van der Waals surface area contributed by atoms with Gasteiger partial charge < -0.3 is 20.5 Å². The van der Waals surface area contributed by atoms with E-state index >= 15 is 0 Å². The summed E-state index contributed by atoms with van der Waals surface area (Å²) in [5, 5.41) is 14.1. The van der Waals surface area contributed by atoms with Gasteiger partial charge in [0.2, 0.25) is 5.91 Å². The van der Waals surface area contributed by atoms with Crippen molar-refractivity contribution in [2.75, 3.05) is 13.2 Å². The number of rotatable bonds is 5. The number of aliphatic hydroxyl groups is 1. The Kier molecular flexibility index (Phi) is 5.35. The van der Waals surface area contributed by atoms with E-state index in [4.69, 9.17) is 9.84 Å². The standard InChI is InChI=1S/C13H22N2O4/c1-13(2,3)19-12(18)14-7-11(17)15-10(8-16)6-9-4-5-9/h6,10,16H,4-5,7-8H2,1-3H3,(H,14,18)(H,15,17)/t10-/m0/s1. The molecule has 0 aromatic carbocycles. The normalized spacial score (nSPS) is 15.5. The van der Waals surface area contributed by atoms with Crippen LogP contribution in [0.15, 0.2) is 11.6 Å². The molecule has 1 aliphatic rings. The summed E-state index contributed by atoms with van der Waals surface area (Å²) in [5.41, 5.74) is 0.643. The molecule has 1 fully saturated rings. The van der Waals surface area contributed by atoms with E-state index in [9.17, 15) is 9.59 Å². The number of aliphatic hydroxyl groups excluding tert-OH is 1. The molecule has 0 aromatic heterocycles. The molecule has 3 N–H and O–H groups in total. The van der Waals surface area contributed by atoms with Crippen molar-refractivity contribution in [2.24, 2.45) is 0 Å². The first-order chi connectivity index (χ1) is 8.80. The summed E-state index contributed by atoms with van der Waals surface area (Å²) in [6.45, 7) is 4.92. The lowest BCUT2D eigenvalue weighted by Gasteiger charge is -2.19. The fourth-order valence-corrected chi connectivity index (χ4v) is 1.39. The van der Waals surface area contributed by atoms with E-state index in [0.717, 1.165) is 12.8 Å². The summed E-state index contributed by atoms with van der Waals surface area (Å²) >= 11 is 0. The maximum Gasteiger partial charge on any atom is 0.408 e. The maximum absolute atomic E-state index is 11.6.